The maximum Gasteiger partial charge on any atom is 0.240 e. The van der Waals surface area contributed by atoms with E-state index in [-0.39, 0.29) is 42.1 Å². The number of hydrogen-bond acceptors (Lipinski definition) is 5. The zero-order valence-electron chi connectivity index (χ0n) is 14.7. The molecule has 0 aromatic heterocycles. The van der Waals surface area contributed by atoms with E-state index in [0.717, 1.165) is 10.8 Å². The standard InChI is InChI=1S/C18H23N3O4S.ClH/c22-17-12-19-10-15(17)11-20-18(23)7-8-21-26(24,25)16-6-5-13-3-1-2-4-14(13)9-16;/h1-6,9,15,17,19,21-22H,7-8,10-12H2,(H,20,23);1H. The van der Waals surface area contributed by atoms with E-state index >= 15 is 0 Å². The molecule has 7 nitrogen and oxygen atoms in total. The number of aliphatic hydroxyl groups excluding tert-OH is 1. The van der Waals surface area contributed by atoms with Crippen molar-refractivity contribution >= 4 is 39.1 Å². The predicted molar refractivity (Wildman–Crippen MR) is 106 cm³/mol. The SMILES string of the molecule is Cl.O=C(CCNS(=O)(=O)c1ccc2ccccc2c1)NCC1CNCC1O. The summed E-state index contributed by atoms with van der Waals surface area (Å²) in [6.07, 6.45) is -0.412. The lowest BCUT2D eigenvalue weighted by molar-refractivity contribution is -0.121. The third kappa shape index (κ3) is 5.63. The lowest BCUT2D eigenvalue weighted by Crippen LogP contribution is -2.36. The summed E-state index contributed by atoms with van der Waals surface area (Å²) in [6, 6.07) is 12.5. The summed E-state index contributed by atoms with van der Waals surface area (Å²) in [5, 5.41) is 17.3. The summed E-state index contributed by atoms with van der Waals surface area (Å²) in [7, 11) is -3.67. The molecule has 0 bridgehead atoms. The van der Waals surface area contributed by atoms with E-state index in [1.165, 1.54) is 0 Å². The summed E-state index contributed by atoms with van der Waals surface area (Å²) in [5.41, 5.74) is 0. The van der Waals surface area contributed by atoms with Crippen molar-refractivity contribution in [2.45, 2.75) is 17.4 Å². The van der Waals surface area contributed by atoms with Crippen molar-refractivity contribution < 1.29 is 18.3 Å². The van der Waals surface area contributed by atoms with Crippen LogP contribution in [0.15, 0.2) is 47.4 Å². The largest absolute Gasteiger partial charge is 0.391 e. The number of nitrogens with one attached hydrogen (secondary N) is 3. The molecule has 1 fully saturated rings. The first-order valence-corrected chi connectivity index (χ1v) is 10.1. The minimum absolute atomic E-state index is 0. The molecule has 2 unspecified atom stereocenters. The number of aliphatic hydroxyl groups is 1. The average Bonchev–Trinajstić information content (AvgIpc) is 3.04. The molecule has 9 heteroatoms. The first kappa shape index (κ1) is 21.6. The lowest BCUT2D eigenvalue weighted by Gasteiger charge is -2.14. The van der Waals surface area contributed by atoms with Crippen LogP contribution in [0.3, 0.4) is 0 Å². The Kier molecular flexibility index (Phi) is 7.58. The van der Waals surface area contributed by atoms with Crippen molar-refractivity contribution in [1.82, 2.24) is 15.4 Å². The Morgan fingerprint density at radius 3 is 2.59 bits per heavy atom. The molecule has 0 aliphatic carbocycles. The molecule has 1 aliphatic heterocycles. The smallest absolute Gasteiger partial charge is 0.240 e. The number of halogens is 1. The second-order valence-electron chi connectivity index (χ2n) is 6.45. The van der Waals surface area contributed by atoms with E-state index in [1.807, 2.05) is 24.3 Å². The zero-order chi connectivity index (χ0) is 18.6. The van der Waals surface area contributed by atoms with Gasteiger partial charge in [-0.15, -0.1) is 12.4 Å². The molecule has 0 spiro atoms. The van der Waals surface area contributed by atoms with Crippen LogP contribution in [0.1, 0.15) is 6.42 Å². The van der Waals surface area contributed by atoms with Gasteiger partial charge in [0.2, 0.25) is 15.9 Å². The van der Waals surface area contributed by atoms with Gasteiger partial charge < -0.3 is 15.7 Å². The second-order valence-corrected chi connectivity index (χ2v) is 8.21. The Balaban J connectivity index is 0.00000261. The van der Waals surface area contributed by atoms with Gasteiger partial charge in [0.15, 0.2) is 0 Å². The van der Waals surface area contributed by atoms with Crippen molar-refractivity contribution in [2.75, 3.05) is 26.2 Å². The molecule has 148 valence electrons. The minimum Gasteiger partial charge on any atom is -0.391 e. The van der Waals surface area contributed by atoms with Crippen LogP contribution >= 0.6 is 12.4 Å². The lowest BCUT2D eigenvalue weighted by atomic mass is 10.1. The van der Waals surface area contributed by atoms with Crippen LogP contribution in [0.4, 0.5) is 0 Å². The highest BCUT2D eigenvalue weighted by atomic mass is 35.5. The van der Waals surface area contributed by atoms with Crippen molar-refractivity contribution in [3.63, 3.8) is 0 Å². The van der Waals surface area contributed by atoms with Gasteiger partial charge in [-0.05, 0) is 22.9 Å². The highest BCUT2D eigenvalue weighted by Gasteiger charge is 2.25. The van der Waals surface area contributed by atoms with Crippen LogP contribution in [0.25, 0.3) is 10.8 Å². The van der Waals surface area contributed by atoms with Gasteiger partial charge in [0.1, 0.15) is 0 Å². The van der Waals surface area contributed by atoms with Crippen molar-refractivity contribution in [1.29, 1.82) is 0 Å². The molecular weight excluding hydrogens is 390 g/mol. The van der Waals surface area contributed by atoms with Gasteiger partial charge in [-0.1, -0.05) is 30.3 Å². The maximum absolute atomic E-state index is 12.4. The third-order valence-electron chi connectivity index (χ3n) is 4.54. The number of β-amino-alcohol motifs (C(OH)–C–C–N with tert-alkyl or cyclic N) is 1. The summed E-state index contributed by atoms with van der Waals surface area (Å²) in [6.45, 7) is 1.60. The Bertz CT molecular complexity index is 891. The monoisotopic (exact) mass is 413 g/mol. The minimum atomic E-state index is -3.67. The summed E-state index contributed by atoms with van der Waals surface area (Å²) < 4.78 is 27.2. The van der Waals surface area contributed by atoms with Crippen LogP contribution in [0.5, 0.6) is 0 Å². The molecule has 4 N–H and O–H groups in total. The van der Waals surface area contributed by atoms with Crippen molar-refractivity contribution in [3.8, 4) is 0 Å². The van der Waals surface area contributed by atoms with E-state index < -0.39 is 16.1 Å². The molecule has 2 atom stereocenters. The maximum atomic E-state index is 12.4. The van der Waals surface area contributed by atoms with Gasteiger partial charge in [0.25, 0.3) is 0 Å². The number of carbonyl (C=O) groups excluding carboxylic acids is 1. The van der Waals surface area contributed by atoms with Gasteiger partial charge in [-0.25, -0.2) is 13.1 Å². The molecule has 3 rings (SSSR count). The van der Waals surface area contributed by atoms with Crippen LogP contribution < -0.4 is 15.4 Å². The summed E-state index contributed by atoms with van der Waals surface area (Å²) >= 11 is 0. The second kappa shape index (κ2) is 9.48. The van der Waals surface area contributed by atoms with E-state index in [4.69, 9.17) is 0 Å². The number of carbonyl (C=O) groups is 1. The molecular formula is C18H24ClN3O4S. The van der Waals surface area contributed by atoms with Crippen molar-refractivity contribution in [2.24, 2.45) is 5.92 Å². The first-order chi connectivity index (χ1) is 12.5. The summed E-state index contributed by atoms with van der Waals surface area (Å²) in [5.74, 6) is -0.251. The van der Waals surface area contributed by atoms with Gasteiger partial charge in [0.05, 0.1) is 11.0 Å². The average molecular weight is 414 g/mol. The number of amides is 1. The third-order valence-corrected chi connectivity index (χ3v) is 6.00. The topological polar surface area (TPSA) is 108 Å². The normalized spacial score (nSPS) is 19.6. The van der Waals surface area contributed by atoms with Crippen LogP contribution in [-0.2, 0) is 14.8 Å². The highest BCUT2D eigenvalue weighted by Crippen LogP contribution is 2.18. The van der Waals surface area contributed by atoms with Gasteiger partial charge in [-0.2, -0.15) is 0 Å². The van der Waals surface area contributed by atoms with E-state index in [0.29, 0.717) is 19.6 Å². The van der Waals surface area contributed by atoms with Crippen molar-refractivity contribution in [3.05, 3.63) is 42.5 Å². The molecule has 1 heterocycles. The number of rotatable bonds is 7. The number of sulfonamides is 1. The fourth-order valence-corrected chi connectivity index (χ4v) is 4.04. The fourth-order valence-electron chi connectivity index (χ4n) is 2.98. The number of hydrogen-bond donors (Lipinski definition) is 4. The molecule has 27 heavy (non-hydrogen) atoms. The van der Waals surface area contributed by atoms with Gasteiger partial charge in [-0.3, -0.25) is 4.79 Å². The van der Waals surface area contributed by atoms with Crippen LogP contribution in [0.2, 0.25) is 0 Å². The predicted octanol–water partition coefficient (Wildman–Crippen LogP) is 0.626. The van der Waals surface area contributed by atoms with Crippen LogP contribution in [-0.4, -0.2) is 51.7 Å². The number of fused-ring (bicyclic) bond motifs is 1. The van der Waals surface area contributed by atoms with Gasteiger partial charge >= 0.3 is 0 Å². The Morgan fingerprint density at radius 2 is 1.89 bits per heavy atom. The molecule has 1 aliphatic rings. The van der Waals surface area contributed by atoms with Crippen LogP contribution in [0, 0.1) is 5.92 Å². The molecule has 0 radical (unpaired) electrons. The Labute approximate surface area is 165 Å². The number of benzene rings is 2. The molecule has 0 saturated carbocycles. The van der Waals surface area contributed by atoms with Gasteiger partial charge in [0, 0.05) is 38.5 Å². The zero-order valence-corrected chi connectivity index (χ0v) is 16.4. The first-order valence-electron chi connectivity index (χ1n) is 8.60. The molecule has 2 aromatic rings. The Hall–Kier alpha value is -1.71. The molecule has 1 saturated heterocycles. The summed E-state index contributed by atoms with van der Waals surface area (Å²) in [4.78, 5) is 12.0. The van der Waals surface area contributed by atoms with E-state index in [2.05, 4.69) is 15.4 Å². The fraction of sp³-hybridized carbons (Fsp3) is 0.389. The molecule has 2 aromatic carbocycles. The molecule has 1 amide bonds. The highest BCUT2D eigenvalue weighted by molar-refractivity contribution is 7.89. The van der Waals surface area contributed by atoms with E-state index in [1.54, 1.807) is 18.2 Å². The van der Waals surface area contributed by atoms with E-state index in [9.17, 15) is 18.3 Å². The Morgan fingerprint density at radius 1 is 1.15 bits per heavy atom. The quantitative estimate of drug-likeness (QED) is 0.532.